The monoisotopic (exact) mass is 180 g/mol. The molecule has 0 spiro atoms. The number of aliphatic hydroxyl groups excluding tert-OH is 5. The van der Waals surface area contributed by atoms with E-state index in [0.717, 1.165) is 0 Å². The summed E-state index contributed by atoms with van der Waals surface area (Å²) in [5, 5.41) is 44.7. The van der Waals surface area contributed by atoms with E-state index in [-0.39, 0.29) is 0 Å². The van der Waals surface area contributed by atoms with Crippen LogP contribution in [-0.2, 0) is 4.74 Å². The van der Waals surface area contributed by atoms with Gasteiger partial charge in [0, 0.05) is 0 Å². The predicted molar refractivity (Wildman–Crippen MR) is 36.0 cm³/mol. The van der Waals surface area contributed by atoms with Gasteiger partial charge in [-0.3, -0.25) is 0 Å². The molecule has 0 amide bonds. The molecule has 5 N–H and O–H groups in total. The van der Waals surface area contributed by atoms with Gasteiger partial charge in [-0.1, -0.05) is 0 Å². The van der Waals surface area contributed by atoms with Gasteiger partial charge in [-0.05, 0) is 0 Å². The molecule has 0 aromatic heterocycles. The Morgan fingerprint density at radius 1 is 0.917 bits per heavy atom. The third-order valence-electron chi connectivity index (χ3n) is 1.87. The molecule has 1 rings (SSSR count). The van der Waals surface area contributed by atoms with Gasteiger partial charge < -0.3 is 30.3 Å². The van der Waals surface area contributed by atoms with Crippen LogP contribution in [0, 0.1) is 0 Å². The second-order valence-electron chi connectivity index (χ2n) is 2.72. The van der Waals surface area contributed by atoms with Gasteiger partial charge in [-0.15, -0.1) is 0 Å². The Kier molecular flexibility index (Phi) is 2.99. The van der Waals surface area contributed by atoms with E-state index in [1.54, 1.807) is 0 Å². The molecule has 0 aromatic rings. The standard InChI is InChI=1S/C6H12O6/c7-1-2-3(8)4(9)5(10)6(11)12-2/h2-11H,1H2/t2-,3-,4+,5+,6+/m0/s1. The number of rotatable bonds is 1. The first-order valence-corrected chi connectivity index (χ1v) is 3.56. The van der Waals surface area contributed by atoms with Crippen molar-refractivity contribution >= 4 is 0 Å². The summed E-state index contributed by atoms with van der Waals surface area (Å²) in [6.07, 6.45) is -7.04. The van der Waals surface area contributed by atoms with Crippen LogP contribution < -0.4 is 0 Å². The van der Waals surface area contributed by atoms with Gasteiger partial charge in [0.1, 0.15) is 24.4 Å². The van der Waals surface area contributed by atoms with Gasteiger partial charge in [0.15, 0.2) is 6.29 Å². The first-order chi connectivity index (χ1) is 5.57. The van der Waals surface area contributed by atoms with Crippen LogP contribution >= 0.6 is 0 Å². The van der Waals surface area contributed by atoms with Crippen molar-refractivity contribution in [1.29, 1.82) is 0 Å². The molecule has 72 valence electrons. The van der Waals surface area contributed by atoms with Crippen molar-refractivity contribution in [2.24, 2.45) is 0 Å². The molecule has 1 saturated heterocycles. The average molecular weight is 180 g/mol. The third kappa shape index (κ3) is 1.58. The quantitative estimate of drug-likeness (QED) is 0.290. The van der Waals surface area contributed by atoms with Crippen LogP contribution in [0.4, 0.5) is 0 Å². The Hall–Kier alpha value is -0.240. The topological polar surface area (TPSA) is 110 Å². The molecule has 1 aliphatic heterocycles. The molecular weight excluding hydrogens is 168 g/mol. The lowest BCUT2D eigenvalue weighted by Gasteiger charge is -2.37. The fraction of sp³-hybridized carbons (Fsp3) is 1.00. The molecule has 0 bridgehead atoms. The first kappa shape index (κ1) is 9.85. The summed E-state index contributed by atoms with van der Waals surface area (Å²) in [4.78, 5) is 0. The summed E-state index contributed by atoms with van der Waals surface area (Å²) in [7, 11) is 0. The summed E-state index contributed by atoms with van der Waals surface area (Å²) < 4.78 is 4.58. The van der Waals surface area contributed by atoms with Crippen molar-refractivity contribution in [2.45, 2.75) is 30.7 Å². The lowest BCUT2D eigenvalue weighted by molar-refractivity contribution is -0.286. The van der Waals surface area contributed by atoms with E-state index in [9.17, 15) is 0 Å². The highest BCUT2D eigenvalue weighted by Crippen LogP contribution is 2.18. The van der Waals surface area contributed by atoms with Crippen LogP contribution in [-0.4, -0.2) is 62.8 Å². The van der Waals surface area contributed by atoms with Crippen molar-refractivity contribution in [3.8, 4) is 0 Å². The predicted octanol–water partition coefficient (Wildman–Crippen LogP) is -3.22. The van der Waals surface area contributed by atoms with Crippen LogP contribution in [0.3, 0.4) is 0 Å². The molecule has 1 fully saturated rings. The van der Waals surface area contributed by atoms with Crippen molar-refractivity contribution in [2.75, 3.05) is 6.61 Å². The summed E-state index contributed by atoms with van der Waals surface area (Å²) in [6.45, 7) is -0.526. The molecule has 0 saturated carbocycles. The van der Waals surface area contributed by atoms with Crippen molar-refractivity contribution in [1.82, 2.24) is 0 Å². The molecule has 0 aromatic carbocycles. The van der Waals surface area contributed by atoms with E-state index in [4.69, 9.17) is 25.5 Å². The van der Waals surface area contributed by atoms with Crippen LogP contribution in [0.1, 0.15) is 0 Å². The van der Waals surface area contributed by atoms with E-state index in [1.165, 1.54) is 0 Å². The maximum absolute atomic E-state index is 9.12. The maximum Gasteiger partial charge on any atom is 0.184 e. The van der Waals surface area contributed by atoms with Crippen LogP contribution in [0.15, 0.2) is 0 Å². The first-order valence-electron chi connectivity index (χ1n) is 3.56. The summed E-state index contributed by atoms with van der Waals surface area (Å²) in [5.41, 5.74) is 0. The Bertz CT molecular complexity index is 146. The highest BCUT2D eigenvalue weighted by molar-refractivity contribution is 4.87. The van der Waals surface area contributed by atoms with E-state index in [0.29, 0.717) is 0 Å². The zero-order valence-corrected chi connectivity index (χ0v) is 6.24. The molecule has 1 aliphatic rings. The highest BCUT2D eigenvalue weighted by atomic mass is 16.6. The zero-order chi connectivity index (χ0) is 9.30. The van der Waals surface area contributed by atoms with Crippen LogP contribution in [0.25, 0.3) is 0 Å². The van der Waals surface area contributed by atoms with Crippen LogP contribution in [0.2, 0.25) is 0 Å². The average Bonchev–Trinajstić information content (AvgIpc) is 2.08. The molecule has 6 heteroatoms. The number of hydrogen-bond acceptors (Lipinski definition) is 6. The molecule has 12 heavy (non-hydrogen) atoms. The Balaban J connectivity index is 2.63. The van der Waals surface area contributed by atoms with Gasteiger partial charge in [0.25, 0.3) is 0 Å². The molecule has 0 aliphatic carbocycles. The molecule has 0 radical (unpaired) electrons. The Labute approximate surface area is 68.6 Å². The lowest BCUT2D eigenvalue weighted by atomic mass is 10.00. The Morgan fingerprint density at radius 2 is 1.50 bits per heavy atom. The number of aliphatic hydroxyl groups is 5. The minimum absolute atomic E-state index is 0.526. The van der Waals surface area contributed by atoms with E-state index in [1.807, 2.05) is 0 Å². The third-order valence-corrected chi connectivity index (χ3v) is 1.87. The Morgan fingerprint density at radius 3 is 2.00 bits per heavy atom. The molecule has 1 heterocycles. The van der Waals surface area contributed by atoms with Crippen molar-refractivity contribution in [3.63, 3.8) is 0 Å². The molecular formula is C6H12O6. The number of hydrogen-bond donors (Lipinski definition) is 5. The van der Waals surface area contributed by atoms with Gasteiger partial charge in [-0.25, -0.2) is 0 Å². The molecule has 0 unspecified atom stereocenters. The fourth-order valence-electron chi connectivity index (χ4n) is 1.08. The summed E-state index contributed by atoms with van der Waals surface area (Å²) in [6, 6.07) is 0. The van der Waals surface area contributed by atoms with Crippen LogP contribution in [0.5, 0.6) is 0 Å². The summed E-state index contributed by atoms with van der Waals surface area (Å²) >= 11 is 0. The van der Waals surface area contributed by atoms with E-state index in [2.05, 4.69) is 4.74 Å². The SMILES string of the molecule is OC[C@@H]1O[C@@H](O)[C@H](O)[C@H](O)[C@H]1O. The normalized spacial score (nSPS) is 49.2. The largest absolute Gasteiger partial charge is 0.394 e. The van der Waals surface area contributed by atoms with Gasteiger partial charge in [0.05, 0.1) is 6.61 Å². The summed E-state index contributed by atoms with van der Waals surface area (Å²) in [5.74, 6) is 0. The molecule has 5 atom stereocenters. The van der Waals surface area contributed by atoms with Crippen molar-refractivity contribution < 1.29 is 30.3 Å². The smallest absolute Gasteiger partial charge is 0.184 e. The van der Waals surface area contributed by atoms with E-state index < -0.39 is 37.3 Å². The van der Waals surface area contributed by atoms with Crippen molar-refractivity contribution in [3.05, 3.63) is 0 Å². The van der Waals surface area contributed by atoms with Gasteiger partial charge in [0.2, 0.25) is 0 Å². The van der Waals surface area contributed by atoms with Gasteiger partial charge in [-0.2, -0.15) is 0 Å². The maximum atomic E-state index is 9.12. The minimum atomic E-state index is -1.57. The highest BCUT2D eigenvalue weighted by Gasteiger charge is 2.42. The second-order valence-corrected chi connectivity index (χ2v) is 2.72. The minimum Gasteiger partial charge on any atom is -0.394 e. The zero-order valence-electron chi connectivity index (χ0n) is 6.24. The molecule has 6 nitrogen and oxygen atoms in total. The van der Waals surface area contributed by atoms with Gasteiger partial charge >= 0.3 is 0 Å². The fourth-order valence-corrected chi connectivity index (χ4v) is 1.08. The number of ether oxygens (including phenoxy) is 1. The lowest BCUT2D eigenvalue weighted by Crippen LogP contribution is -2.58. The van der Waals surface area contributed by atoms with E-state index >= 15 is 0 Å². The second kappa shape index (κ2) is 3.65.